The quantitative estimate of drug-likeness (QED) is 0.682. The predicted molar refractivity (Wildman–Crippen MR) is 48.9 cm³/mol. The van der Waals surface area contributed by atoms with E-state index >= 15 is 0 Å². The molecule has 2 fully saturated rings. The van der Waals surface area contributed by atoms with Gasteiger partial charge in [0.15, 0.2) is 0 Å². The summed E-state index contributed by atoms with van der Waals surface area (Å²) in [5.41, 5.74) is 0. The third kappa shape index (κ3) is 1.45. The molecule has 1 saturated heterocycles. The fourth-order valence-corrected chi connectivity index (χ4v) is 2.35. The van der Waals surface area contributed by atoms with Crippen LogP contribution < -0.4 is 0 Å². The number of hydrogen-bond donors (Lipinski definition) is 1. The Morgan fingerprint density at radius 1 is 1.54 bits per heavy atom. The highest BCUT2D eigenvalue weighted by Crippen LogP contribution is 2.36. The molecule has 2 rings (SSSR count). The van der Waals surface area contributed by atoms with Gasteiger partial charge in [-0.15, -0.1) is 0 Å². The molecule has 0 aromatic carbocycles. The van der Waals surface area contributed by atoms with Crippen LogP contribution in [0.15, 0.2) is 0 Å². The molecule has 0 spiro atoms. The molecule has 0 amide bonds. The summed E-state index contributed by atoms with van der Waals surface area (Å²) in [6.07, 6.45) is 3.04. The third-order valence-electron chi connectivity index (χ3n) is 3.24. The Bertz CT molecular complexity index is 232. The minimum absolute atomic E-state index is 0.162. The summed E-state index contributed by atoms with van der Waals surface area (Å²) < 4.78 is 0. The average Bonchev–Trinajstić information content (AvgIpc) is 2.91. The molecule has 1 aliphatic carbocycles. The fourth-order valence-electron chi connectivity index (χ4n) is 2.35. The zero-order valence-corrected chi connectivity index (χ0v) is 7.98. The van der Waals surface area contributed by atoms with Gasteiger partial charge in [0.1, 0.15) is 0 Å². The fraction of sp³-hybridized carbons (Fsp3) is 0.900. The van der Waals surface area contributed by atoms with Crippen molar-refractivity contribution in [3.05, 3.63) is 0 Å². The lowest BCUT2D eigenvalue weighted by molar-refractivity contribution is 0.0996. The number of aliphatic hydroxyl groups excluding tert-OH is 1. The SMILES string of the molecule is CCC1C(O)C(C#N)CN1C1CC1. The van der Waals surface area contributed by atoms with Crippen LogP contribution in [0.1, 0.15) is 26.2 Å². The summed E-state index contributed by atoms with van der Waals surface area (Å²) in [6.45, 7) is 2.86. The number of nitriles is 1. The lowest BCUT2D eigenvalue weighted by Crippen LogP contribution is -2.36. The van der Waals surface area contributed by atoms with E-state index in [9.17, 15) is 5.11 Å². The van der Waals surface area contributed by atoms with E-state index in [0.29, 0.717) is 6.04 Å². The van der Waals surface area contributed by atoms with Gasteiger partial charge in [-0.1, -0.05) is 6.92 Å². The van der Waals surface area contributed by atoms with Crippen LogP contribution in [0.4, 0.5) is 0 Å². The lowest BCUT2D eigenvalue weighted by Gasteiger charge is -2.24. The maximum absolute atomic E-state index is 9.83. The van der Waals surface area contributed by atoms with Crippen molar-refractivity contribution in [1.29, 1.82) is 5.26 Å². The molecule has 0 bridgehead atoms. The average molecular weight is 180 g/mol. The van der Waals surface area contributed by atoms with Crippen molar-refractivity contribution >= 4 is 0 Å². The highest BCUT2D eigenvalue weighted by molar-refractivity contribution is 5.05. The van der Waals surface area contributed by atoms with Crippen LogP contribution in [0.5, 0.6) is 0 Å². The molecule has 3 unspecified atom stereocenters. The zero-order valence-electron chi connectivity index (χ0n) is 7.98. The molecule has 3 nitrogen and oxygen atoms in total. The van der Waals surface area contributed by atoms with Gasteiger partial charge in [-0.05, 0) is 19.3 Å². The number of aliphatic hydroxyl groups is 1. The Morgan fingerprint density at radius 3 is 2.69 bits per heavy atom. The van der Waals surface area contributed by atoms with Gasteiger partial charge in [-0.25, -0.2) is 0 Å². The predicted octanol–water partition coefficient (Wildman–Crippen LogP) is 0.744. The van der Waals surface area contributed by atoms with E-state index < -0.39 is 6.10 Å². The highest BCUT2D eigenvalue weighted by atomic mass is 16.3. The first-order chi connectivity index (χ1) is 6.27. The van der Waals surface area contributed by atoms with Gasteiger partial charge in [-0.2, -0.15) is 5.26 Å². The standard InChI is InChI=1S/C10H16N2O/c1-2-9-10(13)7(5-11)6-12(9)8-3-4-8/h7-10,13H,2-4,6H2,1H3. The normalized spacial score (nSPS) is 40.5. The Labute approximate surface area is 79.0 Å². The van der Waals surface area contributed by atoms with Gasteiger partial charge in [0, 0.05) is 18.6 Å². The number of nitrogens with zero attached hydrogens (tertiary/aromatic N) is 2. The van der Waals surface area contributed by atoms with E-state index in [1.807, 2.05) is 0 Å². The largest absolute Gasteiger partial charge is 0.390 e. The van der Waals surface area contributed by atoms with Crippen LogP contribution in [0.3, 0.4) is 0 Å². The smallest absolute Gasteiger partial charge is 0.0865 e. The third-order valence-corrected chi connectivity index (χ3v) is 3.24. The van der Waals surface area contributed by atoms with Crippen LogP contribution in [-0.4, -0.2) is 34.7 Å². The molecule has 13 heavy (non-hydrogen) atoms. The van der Waals surface area contributed by atoms with Crippen molar-refractivity contribution < 1.29 is 5.11 Å². The second kappa shape index (κ2) is 3.28. The van der Waals surface area contributed by atoms with Crippen LogP contribution in [-0.2, 0) is 0 Å². The molecule has 0 aromatic heterocycles. The lowest BCUT2D eigenvalue weighted by atomic mass is 10.0. The Hall–Kier alpha value is -0.590. The number of rotatable bonds is 2. The summed E-state index contributed by atoms with van der Waals surface area (Å²) in [4.78, 5) is 2.33. The second-order valence-corrected chi connectivity index (χ2v) is 4.13. The molecular weight excluding hydrogens is 164 g/mol. The second-order valence-electron chi connectivity index (χ2n) is 4.13. The minimum atomic E-state index is -0.421. The molecule has 0 aromatic rings. The molecule has 1 aliphatic heterocycles. The van der Waals surface area contributed by atoms with E-state index in [0.717, 1.165) is 13.0 Å². The van der Waals surface area contributed by atoms with Gasteiger partial charge in [0.05, 0.1) is 18.1 Å². The maximum Gasteiger partial charge on any atom is 0.0865 e. The Morgan fingerprint density at radius 2 is 2.23 bits per heavy atom. The molecule has 3 atom stereocenters. The van der Waals surface area contributed by atoms with Crippen LogP contribution in [0.2, 0.25) is 0 Å². The van der Waals surface area contributed by atoms with E-state index in [4.69, 9.17) is 5.26 Å². The first-order valence-corrected chi connectivity index (χ1v) is 5.11. The zero-order chi connectivity index (χ0) is 9.42. The van der Waals surface area contributed by atoms with Crippen molar-refractivity contribution in [3.63, 3.8) is 0 Å². The van der Waals surface area contributed by atoms with Crippen LogP contribution in [0, 0.1) is 17.2 Å². The summed E-state index contributed by atoms with van der Waals surface area (Å²) in [6, 6.07) is 3.10. The molecule has 3 heteroatoms. The molecule has 72 valence electrons. The van der Waals surface area contributed by atoms with E-state index in [-0.39, 0.29) is 12.0 Å². The topological polar surface area (TPSA) is 47.3 Å². The van der Waals surface area contributed by atoms with Crippen molar-refractivity contribution in [1.82, 2.24) is 4.90 Å². The summed E-state index contributed by atoms with van der Waals surface area (Å²) in [7, 11) is 0. The molecule has 1 saturated carbocycles. The van der Waals surface area contributed by atoms with E-state index in [1.54, 1.807) is 0 Å². The molecule has 1 N–H and O–H groups in total. The van der Waals surface area contributed by atoms with E-state index in [1.165, 1.54) is 12.8 Å². The van der Waals surface area contributed by atoms with Crippen molar-refractivity contribution in [2.45, 2.75) is 44.4 Å². The summed E-state index contributed by atoms with van der Waals surface area (Å²) in [5, 5.41) is 18.7. The van der Waals surface area contributed by atoms with Crippen molar-refractivity contribution in [2.24, 2.45) is 5.92 Å². The first-order valence-electron chi connectivity index (χ1n) is 5.11. The molecule has 0 radical (unpaired) electrons. The molecule has 2 aliphatic rings. The monoisotopic (exact) mass is 180 g/mol. The molecule has 1 heterocycles. The van der Waals surface area contributed by atoms with Crippen LogP contribution >= 0.6 is 0 Å². The van der Waals surface area contributed by atoms with Crippen LogP contribution in [0.25, 0.3) is 0 Å². The molecular formula is C10H16N2O. The Balaban J connectivity index is 2.08. The highest BCUT2D eigenvalue weighted by Gasteiger charge is 2.45. The van der Waals surface area contributed by atoms with Gasteiger partial charge >= 0.3 is 0 Å². The van der Waals surface area contributed by atoms with Crippen molar-refractivity contribution in [3.8, 4) is 6.07 Å². The van der Waals surface area contributed by atoms with E-state index in [2.05, 4.69) is 17.9 Å². The number of hydrogen-bond acceptors (Lipinski definition) is 3. The minimum Gasteiger partial charge on any atom is -0.390 e. The summed E-state index contributed by atoms with van der Waals surface area (Å²) in [5.74, 6) is -0.162. The van der Waals surface area contributed by atoms with Crippen molar-refractivity contribution in [2.75, 3.05) is 6.54 Å². The van der Waals surface area contributed by atoms with Gasteiger partial charge in [0.25, 0.3) is 0 Å². The summed E-state index contributed by atoms with van der Waals surface area (Å²) >= 11 is 0. The number of likely N-dealkylation sites (tertiary alicyclic amines) is 1. The first kappa shape index (κ1) is 8.98. The maximum atomic E-state index is 9.83. The van der Waals surface area contributed by atoms with Gasteiger partial charge in [0.2, 0.25) is 0 Å². The Kier molecular flexibility index (Phi) is 2.27. The van der Waals surface area contributed by atoms with Gasteiger partial charge < -0.3 is 5.11 Å². The van der Waals surface area contributed by atoms with Gasteiger partial charge in [-0.3, -0.25) is 4.90 Å².